The van der Waals surface area contributed by atoms with Gasteiger partial charge in [-0.3, -0.25) is 19.3 Å². The van der Waals surface area contributed by atoms with Crippen LogP contribution >= 0.6 is 11.8 Å². The van der Waals surface area contributed by atoms with Crippen LogP contribution in [-0.2, 0) is 14.4 Å². The van der Waals surface area contributed by atoms with Crippen molar-refractivity contribution in [2.24, 2.45) is 11.8 Å². The molecule has 9 heteroatoms. The van der Waals surface area contributed by atoms with Crippen molar-refractivity contribution in [1.29, 1.82) is 0 Å². The monoisotopic (exact) mass is 471 g/mol. The topological polar surface area (TPSA) is 88.6 Å². The number of rotatable bonds is 8. The van der Waals surface area contributed by atoms with E-state index >= 15 is 0 Å². The first-order valence-corrected chi connectivity index (χ1v) is 12.4. The predicted octanol–water partition coefficient (Wildman–Crippen LogP) is 4.25. The summed E-state index contributed by atoms with van der Waals surface area (Å²) in [6.45, 7) is 0. The summed E-state index contributed by atoms with van der Waals surface area (Å²) in [6.07, 6.45) is 7.05. The zero-order valence-electron chi connectivity index (χ0n) is 18.3. The Labute approximate surface area is 196 Å². The number of nitrogens with one attached hydrogen (secondary N) is 1. The van der Waals surface area contributed by atoms with E-state index in [4.69, 9.17) is 4.74 Å². The van der Waals surface area contributed by atoms with E-state index < -0.39 is 11.9 Å². The molecule has 3 amide bonds. The van der Waals surface area contributed by atoms with Crippen molar-refractivity contribution in [2.75, 3.05) is 17.3 Å². The number of carbonyl (C=O) groups is 3. The lowest BCUT2D eigenvalue weighted by Gasteiger charge is -2.25. The van der Waals surface area contributed by atoms with Gasteiger partial charge >= 0.3 is 0 Å². The molecule has 3 atom stereocenters. The van der Waals surface area contributed by atoms with Gasteiger partial charge in [-0.1, -0.05) is 12.8 Å². The number of benzene rings is 1. The van der Waals surface area contributed by atoms with E-state index in [1.54, 1.807) is 23.9 Å². The second-order valence-electron chi connectivity index (χ2n) is 8.27. The Morgan fingerprint density at radius 3 is 2.39 bits per heavy atom. The fourth-order valence-corrected chi connectivity index (χ4v) is 4.92. The summed E-state index contributed by atoms with van der Waals surface area (Å²) >= 11 is 1.56. The summed E-state index contributed by atoms with van der Waals surface area (Å²) in [6, 6.07) is 7.92. The second-order valence-corrected chi connectivity index (χ2v) is 9.26. The van der Waals surface area contributed by atoms with Crippen molar-refractivity contribution < 1.29 is 23.5 Å². The van der Waals surface area contributed by atoms with Crippen molar-refractivity contribution >= 4 is 35.2 Å². The molecule has 7 nitrogen and oxygen atoms in total. The molecule has 2 heterocycles. The number of hydrogen-bond acceptors (Lipinski definition) is 6. The van der Waals surface area contributed by atoms with Crippen LogP contribution in [0.25, 0.3) is 0 Å². The number of ether oxygens (including phenoxy) is 1. The molecule has 174 valence electrons. The first kappa shape index (κ1) is 23.2. The predicted molar refractivity (Wildman–Crippen MR) is 123 cm³/mol. The van der Waals surface area contributed by atoms with E-state index in [9.17, 15) is 18.8 Å². The zero-order valence-corrected chi connectivity index (χ0v) is 19.1. The lowest BCUT2D eigenvalue weighted by atomic mass is 9.81. The average Bonchev–Trinajstić information content (AvgIpc) is 3.07. The number of aromatic nitrogens is 1. The van der Waals surface area contributed by atoms with Crippen molar-refractivity contribution in [3.8, 4) is 11.6 Å². The largest absolute Gasteiger partial charge is 0.439 e. The maximum atomic E-state index is 13.1. The fourth-order valence-electron chi connectivity index (χ4n) is 4.47. The van der Waals surface area contributed by atoms with E-state index in [-0.39, 0.29) is 35.3 Å². The maximum absolute atomic E-state index is 13.1. The minimum absolute atomic E-state index is 0.216. The number of likely N-dealkylation sites (tertiary alicyclic amines) is 1. The van der Waals surface area contributed by atoms with Crippen LogP contribution in [0.4, 0.5) is 10.1 Å². The van der Waals surface area contributed by atoms with Crippen molar-refractivity contribution in [3.05, 3.63) is 48.4 Å². The van der Waals surface area contributed by atoms with Gasteiger partial charge in [0.2, 0.25) is 23.6 Å². The molecule has 3 unspecified atom stereocenters. The quantitative estimate of drug-likeness (QED) is 0.579. The molecular weight excluding hydrogens is 445 g/mol. The molecule has 0 bridgehead atoms. The lowest BCUT2D eigenvalue weighted by molar-refractivity contribution is -0.146. The Hall–Kier alpha value is -2.94. The number of thioether (sulfide) groups is 1. The highest BCUT2D eigenvalue weighted by molar-refractivity contribution is 7.98. The van der Waals surface area contributed by atoms with Gasteiger partial charge in [-0.05, 0) is 61.6 Å². The number of carbonyl (C=O) groups excluding carboxylic acids is 3. The number of nitrogens with zero attached hydrogens (tertiary/aromatic N) is 2. The van der Waals surface area contributed by atoms with Crippen LogP contribution in [0.3, 0.4) is 0 Å². The molecule has 33 heavy (non-hydrogen) atoms. The van der Waals surface area contributed by atoms with Gasteiger partial charge in [0.15, 0.2) is 0 Å². The number of pyridine rings is 1. The van der Waals surface area contributed by atoms with Gasteiger partial charge in [0.25, 0.3) is 0 Å². The Kier molecular flexibility index (Phi) is 7.27. The summed E-state index contributed by atoms with van der Waals surface area (Å²) in [7, 11) is 0. The van der Waals surface area contributed by atoms with Crippen LogP contribution in [0.2, 0.25) is 0 Å². The molecule has 0 spiro atoms. The molecular formula is C24H26FN3O4S. The Morgan fingerprint density at radius 2 is 1.82 bits per heavy atom. The highest BCUT2D eigenvalue weighted by Crippen LogP contribution is 2.39. The van der Waals surface area contributed by atoms with Gasteiger partial charge in [0, 0.05) is 6.07 Å². The van der Waals surface area contributed by atoms with E-state index in [2.05, 4.69) is 10.3 Å². The van der Waals surface area contributed by atoms with E-state index in [0.29, 0.717) is 36.5 Å². The van der Waals surface area contributed by atoms with Crippen LogP contribution in [0.1, 0.15) is 32.1 Å². The molecule has 2 aromatic rings. The van der Waals surface area contributed by atoms with Crippen molar-refractivity contribution in [2.45, 2.75) is 38.1 Å². The molecule has 4 rings (SSSR count). The van der Waals surface area contributed by atoms with Crippen LogP contribution < -0.4 is 10.1 Å². The standard InChI is InChI=1S/C24H26FN3O4S/c1-33-13-12-20(28-23(30)18-4-2-3-5-19(18)24(28)31)22(29)27-16-8-11-21(26-14-16)32-17-9-6-15(25)7-10-17/h6-11,14,18-20H,2-5,12-13H2,1H3,(H,27,29). The highest BCUT2D eigenvalue weighted by atomic mass is 32.2. The Morgan fingerprint density at radius 1 is 1.15 bits per heavy atom. The number of halogens is 1. The minimum atomic E-state index is -0.849. The third-order valence-corrected chi connectivity index (χ3v) is 6.77. The average molecular weight is 472 g/mol. The Balaban J connectivity index is 1.45. The first-order valence-electron chi connectivity index (χ1n) is 11.0. The highest BCUT2D eigenvalue weighted by Gasteiger charge is 2.51. The zero-order chi connectivity index (χ0) is 23.4. The summed E-state index contributed by atoms with van der Waals surface area (Å²) < 4.78 is 18.6. The third-order valence-electron chi connectivity index (χ3n) is 6.12. The number of hydrogen-bond donors (Lipinski definition) is 1. The molecule has 1 saturated carbocycles. The van der Waals surface area contributed by atoms with Gasteiger partial charge in [0.1, 0.15) is 17.6 Å². The normalized spacial score (nSPS) is 21.0. The minimum Gasteiger partial charge on any atom is -0.439 e. The number of amides is 3. The van der Waals surface area contributed by atoms with E-state index in [1.165, 1.54) is 35.4 Å². The lowest BCUT2D eigenvalue weighted by Crippen LogP contribution is -2.48. The molecule has 1 aliphatic heterocycles. The molecule has 0 radical (unpaired) electrons. The van der Waals surface area contributed by atoms with Gasteiger partial charge < -0.3 is 10.1 Å². The summed E-state index contributed by atoms with van der Waals surface area (Å²) in [5.41, 5.74) is 0.428. The first-order chi connectivity index (χ1) is 16.0. The van der Waals surface area contributed by atoms with Crippen LogP contribution in [0.5, 0.6) is 11.6 Å². The molecule has 1 N–H and O–H groups in total. The SMILES string of the molecule is CSCCC(C(=O)Nc1ccc(Oc2ccc(F)cc2)nc1)N1C(=O)C2CCCCC2C1=O. The van der Waals surface area contributed by atoms with Gasteiger partial charge in [-0.2, -0.15) is 11.8 Å². The molecule has 1 saturated heterocycles. The molecule has 1 aromatic heterocycles. The van der Waals surface area contributed by atoms with Crippen molar-refractivity contribution in [1.82, 2.24) is 9.88 Å². The number of fused-ring (bicyclic) bond motifs is 1. The molecule has 2 aliphatic rings. The smallest absolute Gasteiger partial charge is 0.247 e. The molecule has 2 fully saturated rings. The van der Waals surface area contributed by atoms with Gasteiger partial charge in [-0.25, -0.2) is 9.37 Å². The van der Waals surface area contributed by atoms with E-state index in [0.717, 1.165) is 12.8 Å². The second kappa shape index (κ2) is 10.3. The number of imide groups is 1. The maximum Gasteiger partial charge on any atom is 0.247 e. The van der Waals surface area contributed by atoms with Gasteiger partial charge in [0.05, 0.1) is 23.7 Å². The summed E-state index contributed by atoms with van der Waals surface area (Å²) in [5.74, 6) is -0.414. The Bertz CT molecular complexity index is 991. The van der Waals surface area contributed by atoms with Crippen molar-refractivity contribution in [3.63, 3.8) is 0 Å². The van der Waals surface area contributed by atoms with Crippen LogP contribution in [0, 0.1) is 17.7 Å². The third kappa shape index (κ3) is 5.19. The van der Waals surface area contributed by atoms with E-state index in [1.807, 2.05) is 6.26 Å². The summed E-state index contributed by atoms with van der Waals surface area (Å²) in [5, 5.41) is 2.79. The molecule has 1 aliphatic carbocycles. The fraction of sp³-hybridized carbons (Fsp3) is 0.417. The number of anilines is 1. The van der Waals surface area contributed by atoms with Crippen LogP contribution in [0.15, 0.2) is 42.6 Å². The summed E-state index contributed by atoms with van der Waals surface area (Å²) in [4.78, 5) is 44.6. The van der Waals surface area contributed by atoms with Gasteiger partial charge in [-0.15, -0.1) is 0 Å². The van der Waals surface area contributed by atoms with Crippen LogP contribution in [-0.4, -0.2) is 45.7 Å². The molecule has 1 aromatic carbocycles.